The van der Waals surface area contributed by atoms with Gasteiger partial charge in [-0.1, -0.05) is 48.0 Å². The Kier molecular flexibility index (Phi) is 4.75. The fraction of sp³-hybridized carbons (Fsp3) is 0.0435. The average Bonchev–Trinajstić information content (AvgIpc) is 3.05. The molecule has 3 aromatic rings. The molecule has 0 saturated heterocycles. The van der Waals surface area contributed by atoms with Gasteiger partial charge >= 0.3 is 0 Å². The number of amidine groups is 1. The van der Waals surface area contributed by atoms with E-state index in [0.717, 1.165) is 16.8 Å². The first-order chi connectivity index (χ1) is 14.0. The van der Waals surface area contributed by atoms with E-state index >= 15 is 0 Å². The van der Waals surface area contributed by atoms with E-state index in [1.165, 1.54) is 12.1 Å². The molecule has 0 unspecified atom stereocenters. The SMILES string of the molecule is Cc1ccc(C2=N/C(=C/c3ccc([N+](=O)[O-])cc3)C(=O)N2c2ccccc2)cc1. The van der Waals surface area contributed by atoms with Crippen molar-refractivity contribution in [2.24, 2.45) is 4.99 Å². The lowest BCUT2D eigenvalue weighted by molar-refractivity contribution is -0.384. The monoisotopic (exact) mass is 383 g/mol. The van der Waals surface area contributed by atoms with Gasteiger partial charge in [0.2, 0.25) is 0 Å². The molecule has 0 N–H and O–H groups in total. The Labute approximate surface area is 167 Å². The zero-order valence-corrected chi connectivity index (χ0v) is 15.6. The third kappa shape index (κ3) is 3.68. The fourth-order valence-corrected chi connectivity index (χ4v) is 3.08. The first-order valence-electron chi connectivity index (χ1n) is 9.04. The molecule has 29 heavy (non-hydrogen) atoms. The lowest BCUT2D eigenvalue weighted by Crippen LogP contribution is -2.32. The number of hydrogen-bond donors (Lipinski definition) is 0. The first kappa shape index (κ1) is 18.3. The molecule has 0 spiro atoms. The number of nitrogens with zero attached hydrogens (tertiary/aromatic N) is 3. The Balaban J connectivity index is 1.77. The number of aryl methyl sites for hydroxylation is 1. The second-order valence-electron chi connectivity index (χ2n) is 6.66. The highest BCUT2D eigenvalue weighted by atomic mass is 16.6. The zero-order chi connectivity index (χ0) is 20.4. The molecule has 1 aliphatic heterocycles. The van der Waals surface area contributed by atoms with Gasteiger partial charge in [-0.3, -0.25) is 19.8 Å². The number of hydrogen-bond acceptors (Lipinski definition) is 4. The lowest BCUT2D eigenvalue weighted by Gasteiger charge is -2.18. The van der Waals surface area contributed by atoms with Gasteiger partial charge in [-0.15, -0.1) is 0 Å². The predicted molar refractivity (Wildman–Crippen MR) is 113 cm³/mol. The molecule has 4 rings (SSSR count). The Bertz CT molecular complexity index is 1130. The quantitative estimate of drug-likeness (QED) is 0.371. The van der Waals surface area contributed by atoms with Gasteiger partial charge in [-0.05, 0) is 42.8 Å². The normalized spacial score (nSPS) is 14.9. The van der Waals surface area contributed by atoms with Gasteiger partial charge in [-0.25, -0.2) is 4.99 Å². The van der Waals surface area contributed by atoms with Gasteiger partial charge in [0, 0.05) is 17.7 Å². The van der Waals surface area contributed by atoms with E-state index in [-0.39, 0.29) is 17.3 Å². The molecule has 6 nitrogen and oxygen atoms in total. The van der Waals surface area contributed by atoms with E-state index in [4.69, 9.17) is 0 Å². The van der Waals surface area contributed by atoms with Crippen LogP contribution < -0.4 is 4.90 Å². The van der Waals surface area contributed by atoms with Crippen molar-refractivity contribution in [1.82, 2.24) is 0 Å². The van der Waals surface area contributed by atoms with E-state index in [2.05, 4.69) is 4.99 Å². The van der Waals surface area contributed by atoms with E-state index in [1.807, 2.05) is 61.5 Å². The average molecular weight is 383 g/mol. The van der Waals surface area contributed by atoms with Gasteiger partial charge in [0.25, 0.3) is 11.6 Å². The maximum atomic E-state index is 13.2. The lowest BCUT2D eigenvalue weighted by atomic mass is 10.1. The minimum Gasteiger partial charge on any atom is -0.266 e. The number of carbonyl (C=O) groups is 1. The third-order valence-electron chi connectivity index (χ3n) is 4.59. The van der Waals surface area contributed by atoms with Gasteiger partial charge in [0.15, 0.2) is 0 Å². The molecular weight excluding hydrogens is 366 g/mol. The summed E-state index contributed by atoms with van der Waals surface area (Å²) in [6.07, 6.45) is 1.64. The van der Waals surface area contributed by atoms with Crippen molar-refractivity contribution in [1.29, 1.82) is 0 Å². The van der Waals surface area contributed by atoms with E-state index in [1.54, 1.807) is 23.1 Å². The van der Waals surface area contributed by atoms with E-state index in [9.17, 15) is 14.9 Å². The molecule has 1 amide bonds. The molecule has 0 radical (unpaired) electrons. The molecule has 0 atom stereocenters. The molecule has 0 aromatic heterocycles. The number of aliphatic imine (C=N–C) groups is 1. The second kappa shape index (κ2) is 7.52. The molecule has 142 valence electrons. The predicted octanol–water partition coefficient (Wildman–Crippen LogP) is 4.74. The van der Waals surface area contributed by atoms with Crippen LogP contribution in [-0.4, -0.2) is 16.7 Å². The highest BCUT2D eigenvalue weighted by Crippen LogP contribution is 2.28. The largest absolute Gasteiger partial charge is 0.282 e. The summed E-state index contributed by atoms with van der Waals surface area (Å²) in [5.74, 6) is 0.305. The van der Waals surface area contributed by atoms with Crippen molar-refractivity contribution >= 4 is 29.2 Å². The van der Waals surface area contributed by atoms with Crippen LogP contribution in [0.1, 0.15) is 16.7 Å². The molecule has 1 heterocycles. The van der Waals surface area contributed by atoms with Crippen LogP contribution in [0, 0.1) is 17.0 Å². The van der Waals surface area contributed by atoms with Gasteiger partial charge in [0.05, 0.1) is 10.6 Å². The van der Waals surface area contributed by atoms with Crippen LogP contribution in [0.4, 0.5) is 11.4 Å². The number of nitro benzene ring substituents is 1. The minimum atomic E-state index is -0.456. The number of carbonyl (C=O) groups excluding carboxylic acids is 1. The van der Waals surface area contributed by atoms with Gasteiger partial charge in [0.1, 0.15) is 11.5 Å². The van der Waals surface area contributed by atoms with Gasteiger partial charge in [-0.2, -0.15) is 0 Å². The Hall–Kier alpha value is -4.06. The number of benzene rings is 3. The Morgan fingerprint density at radius 3 is 2.21 bits per heavy atom. The summed E-state index contributed by atoms with van der Waals surface area (Å²) < 4.78 is 0. The van der Waals surface area contributed by atoms with Crippen molar-refractivity contribution < 1.29 is 9.72 Å². The maximum Gasteiger partial charge on any atom is 0.282 e. The third-order valence-corrected chi connectivity index (χ3v) is 4.59. The molecule has 0 fully saturated rings. The molecular formula is C23H17N3O3. The standard InChI is InChI=1S/C23H17N3O3/c1-16-7-11-18(12-8-16)22-24-21(15-17-9-13-20(14-10-17)26(28)29)23(27)25(22)19-5-3-2-4-6-19/h2-15H,1H3/b21-15+. The van der Waals surface area contributed by atoms with Crippen molar-refractivity contribution in [2.45, 2.75) is 6.92 Å². The van der Waals surface area contributed by atoms with Crippen molar-refractivity contribution in [3.63, 3.8) is 0 Å². The summed E-state index contributed by atoms with van der Waals surface area (Å²) in [6.45, 7) is 2.00. The Morgan fingerprint density at radius 2 is 1.59 bits per heavy atom. The maximum absolute atomic E-state index is 13.2. The molecule has 1 aliphatic rings. The first-order valence-corrected chi connectivity index (χ1v) is 9.04. The molecule has 0 saturated carbocycles. The summed E-state index contributed by atoms with van der Waals surface area (Å²) in [6, 6.07) is 23.2. The highest BCUT2D eigenvalue weighted by molar-refractivity contribution is 6.33. The highest BCUT2D eigenvalue weighted by Gasteiger charge is 2.32. The summed E-state index contributed by atoms with van der Waals surface area (Å²) >= 11 is 0. The number of para-hydroxylation sites is 1. The fourth-order valence-electron chi connectivity index (χ4n) is 3.08. The van der Waals surface area contributed by atoms with Crippen LogP contribution in [0.2, 0.25) is 0 Å². The molecule has 3 aromatic carbocycles. The van der Waals surface area contributed by atoms with E-state index < -0.39 is 4.92 Å². The summed E-state index contributed by atoms with van der Waals surface area (Å²) in [4.78, 5) is 29.7. The number of non-ortho nitro benzene ring substituents is 1. The molecule has 0 aliphatic carbocycles. The molecule has 0 bridgehead atoms. The van der Waals surface area contributed by atoms with Crippen molar-refractivity contribution in [2.75, 3.05) is 4.90 Å². The number of rotatable bonds is 4. The van der Waals surface area contributed by atoms with Crippen LogP contribution in [0.5, 0.6) is 0 Å². The van der Waals surface area contributed by atoms with Crippen molar-refractivity contribution in [3.8, 4) is 0 Å². The van der Waals surface area contributed by atoms with Crippen LogP contribution in [-0.2, 0) is 4.79 Å². The van der Waals surface area contributed by atoms with Gasteiger partial charge < -0.3 is 0 Å². The van der Waals surface area contributed by atoms with Crippen LogP contribution in [0.3, 0.4) is 0 Å². The number of amides is 1. The number of anilines is 1. The van der Waals surface area contributed by atoms with Crippen LogP contribution in [0.25, 0.3) is 6.08 Å². The summed E-state index contributed by atoms with van der Waals surface area (Å²) in [5.41, 5.74) is 3.62. The molecule has 6 heteroatoms. The summed E-state index contributed by atoms with van der Waals surface area (Å²) in [7, 11) is 0. The zero-order valence-electron chi connectivity index (χ0n) is 15.6. The van der Waals surface area contributed by atoms with Crippen LogP contribution in [0.15, 0.2) is 89.6 Å². The van der Waals surface area contributed by atoms with Crippen molar-refractivity contribution in [3.05, 3.63) is 111 Å². The second-order valence-corrected chi connectivity index (χ2v) is 6.66. The summed E-state index contributed by atoms with van der Waals surface area (Å²) in [5, 5.41) is 10.8. The van der Waals surface area contributed by atoms with Crippen LogP contribution >= 0.6 is 0 Å². The number of nitro groups is 1. The topological polar surface area (TPSA) is 75.8 Å². The minimum absolute atomic E-state index is 0.000318. The Morgan fingerprint density at radius 1 is 0.931 bits per heavy atom. The van der Waals surface area contributed by atoms with E-state index in [0.29, 0.717) is 11.4 Å². The smallest absolute Gasteiger partial charge is 0.266 e.